The van der Waals surface area contributed by atoms with Crippen LogP contribution in [0.2, 0.25) is 0 Å². The van der Waals surface area contributed by atoms with Gasteiger partial charge in [0.2, 0.25) is 0 Å². The van der Waals surface area contributed by atoms with Crippen LogP contribution in [-0.2, 0) is 4.79 Å². The predicted octanol–water partition coefficient (Wildman–Crippen LogP) is 2.79. The summed E-state index contributed by atoms with van der Waals surface area (Å²) in [5.41, 5.74) is -1.13. The molecule has 17 heavy (non-hydrogen) atoms. The Balaban J connectivity index is 3.05. The van der Waals surface area contributed by atoms with Gasteiger partial charge in [0.1, 0.15) is 5.83 Å². The molecule has 0 fully saturated rings. The maximum absolute atomic E-state index is 13.2. The number of allylic oxidation sites excluding steroid dienone is 4. The molecule has 0 spiro atoms. The van der Waals surface area contributed by atoms with E-state index >= 15 is 0 Å². The van der Waals surface area contributed by atoms with E-state index in [1.165, 1.54) is 19.2 Å². The van der Waals surface area contributed by atoms with E-state index in [0.717, 1.165) is 6.08 Å². The SMILES string of the molecule is CNC(=O)/C1=C/C/C(C(F)(F)F)=C(/F)CC=C1. The minimum absolute atomic E-state index is 0.0988. The number of carbonyl (C=O) groups is 1. The first-order valence-electron chi connectivity index (χ1n) is 4.89. The molecule has 1 aliphatic carbocycles. The second-order valence-corrected chi connectivity index (χ2v) is 3.43. The van der Waals surface area contributed by atoms with Crippen LogP contribution >= 0.6 is 0 Å². The lowest BCUT2D eigenvalue weighted by atomic mass is 10.0. The fourth-order valence-electron chi connectivity index (χ4n) is 1.39. The Morgan fingerprint density at radius 1 is 1.35 bits per heavy atom. The average Bonchev–Trinajstić information content (AvgIpc) is 2.20. The van der Waals surface area contributed by atoms with Crippen molar-refractivity contribution in [2.45, 2.75) is 19.0 Å². The third-order valence-corrected chi connectivity index (χ3v) is 2.28. The number of nitrogens with one attached hydrogen (secondary N) is 1. The molecule has 1 amide bonds. The van der Waals surface area contributed by atoms with Crippen molar-refractivity contribution in [3.05, 3.63) is 35.2 Å². The highest BCUT2D eigenvalue weighted by Gasteiger charge is 2.36. The van der Waals surface area contributed by atoms with E-state index in [-0.39, 0.29) is 5.57 Å². The van der Waals surface area contributed by atoms with Crippen molar-refractivity contribution >= 4 is 5.91 Å². The predicted molar refractivity (Wildman–Crippen MR) is 54.7 cm³/mol. The van der Waals surface area contributed by atoms with Crippen LogP contribution in [0.4, 0.5) is 17.6 Å². The van der Waals surface area contributed by atoms with E-state index in [0.29, 0.717) is 0 Å². The van der Waals surface area contributed by atoms with Crippen LogP contribution < -0.4 is 5.32 Å². The van der Waals surface area contributed by atoms with Gasteiger partial charge in [0.25, 0.3) is 5.91 Å². The standard InChI is InChI=1S/C11H11F4NO/c1-16-10(17)7-3-2-4-9(12)8(6-5-7)11(13,14)15/h2-3,5H,4,6H2,1H3,(H,16,17)/b3-2?,7-5+,9-8-. The molecule has 0 aromatic rings. The summed E-state index contributed by atoms with van der Waals surface area (Å²) in [5.74, 6) is -1.70. The zero-order chi connectivity index (χ0) is 13.1. The topological polar surface area (TPSA) is 29.1 Å². The number of rotatable bonds is 1. The fraction of sp³-hybridized carbons (Fsp3) is 0.364. The molecule has 94 valence electrons. The Labute approximate surface area is 95.7 Å². The Kier molecular flexibility index (Phi) is 4.09. The molecule has 1 rings (SSSR count). The Morgan fingerprint density at radius 3 is 2.53 bits per heavy atom. The van der Waals surface area contributed by atoms with Gasteiger partial charge in [-0.1, -0.05) is 18.2 Å². The summed E-state index contributed by atoms with van der Waals surface area (Å²) >= 11 is 0. The zero-order valence-corrected chi connectivity index (χ0v) is 9.07. The van der Waals surface area contributed by atoms with Crippen molar-refractivity contribution in [3.8, 4) is 0 Å². The molecule has 1 aliphatic rings. The Hall–Kier alpha value is -1.59. The van der Waals surface area contributed by atoms with Crippen molar-refractivity contribution in [2.75, 3.05) is 7.05 Å². The van der Waals surface area contributed by atoms with Gasteiger partial charge in [-0.25, -0.2) is 4.39 Å². The summed E-state index contributed by atoms with van der Waals surface area (Å²) in [6, 6.07) is 0. The van der Waals surface area contributed by atoms with Crippen LogP contribution in [0.5, 0.6) is 0 Å². The minimum atomic E-state index is -4.71. The molecule has 2 nitrogen and oxygen atoms in total. The van der Waals surface area contributed by atoms with Crippen LogP contribution in [0.25, 0.3) is 0 Å². The van der Waals surface area contributed by atoms with Gasteiger partial charge in [0, 0.05) is 19.0 Å². The number of amides is 1. The Morgan fingerprint density at radius 2 is 2.00 bits per heavy atom. The smallest absolute Gasteiger partial charge is 0.355 e. The first kappa shape index (κ1) is 13.5. The molecule has 0 atom stereocenters. The van der Waals surface area contributed by atoms with Gasteiger partial charge in [-0.15, -0.1) is 0 Å². The zero-order valence-electron chi connectivity index (χ0n) is 9.07. The van der Waals surface area contributed by atoms with E-state index in [1.807, 2.05) is 0 Å². The van der Waals surface area contributed by atoms with Gasteiger partial charge in [-0.3, -0.25) is 4.79 Å². The van der Waals surface area contributed by atoms with Crippen LogP contribution in [0.15, 0.2) is 35.2 Å². The number of carbonyl (C=O) groups excluding carboxylic acids is 1. The number of halogens is 4. The summed E-state index contributed by atoms with van der Waals surface area (Å²) in [4.78, 5) is 11.2. The van der Waals surface area contributed by atoms with E-state index < -0.39 is 36.3 Å². The van der Waals surface area contributed by atoms with Crippen LogP contribution in [-0.4, -0.2) is 19.1 Å². The summed E-state index contributed by atoms with van der Waals surface area (Å²) < 4.78 is 50.6. The molecule has 0 aromatic carbocycles. The molecular weight excluding hydrogens is 238 g/mol. The van der Waals surface area contributed by atoms with Gasteiger partial charge in [-0.05, 0) is 6.42 Å². The van der Waals surface area contributed by atoms with E-state index in [4.69, 9.17) is 0 Å². The van der Waals surface area contributed by atoms with Gasteiger partial charge in [0.05, 0.1) is 5.57 Å². The van der Waals surface area contributed by atoms with Gasteiger partial charge >= 0.3 is 6.18 Å². The lowest BCUT2D eigenvalue weighted by Crippen LogP contribution is -2.20. The summed E-state index contributed by atoms with van der Waals surface area (Å²) in [6.45, 7) is 0. The van der Waals surface area contributed by atoms with Gasteiger partial charge in [-0.2, -0.15) is 13.2 Å². The van der Waals surface area contributed by atoms with E-state index in [1.54, 1.807) is 0 Å². The van der Waals surface area contributed by atoms with Crippen LogP contribution in [0.1, 0.15) is 12.8 Å². The number of hydrogen-bond donors (Lipinski definition) is 1. The molecule has 0 aromatic heterocycles. The lowest BCUT2D eigenvalue weighted by molar-refractivity contribution is -0.116. The maximum atomic E-state index is 13.2. The molecule has 0 unspecified atom stereocenters. The van der Waals surface area contributed by atoms with Crippen molar-refractivity contribution in [3.63, 3.8) is 0 Å². The van der Waals surface area contributed by atoms with Crippen molar-refractivity contribution in [1.82, 2.24) is 5.32 Å². The van der Waals surface area contributed by atoms with Crippen molar-refractivity contribution in [2.24, 2.45) is 0 Å². The second kappa shape index (κ2) is 5.16. The average molecular weight is 249 g/mol. The third-order valence-electron chi connectivity index (χ3n) is 2.28. The van der Waals surface area contributed by atoms with Crippen molar-refractivity contribution < 1.29 is 22.4 Å². The van der Waals surface area contributed by atoms with Crippen LogP contribution in [0, 0.1) is 0 Å². The molecule has 0 saturated heterocycles. The minimum Gasteiger partial charge on any atom is -0.355 e. The second-order valence-electron chi connectivity index (χ2n) is 3.43. The fourth-order valence-corrected chi connectivity index (χ4v) is 1.39. The van der Waals surface area contributed by atoms with Crippen molar-refractivity contribution in [1.29, 1.82) is 0 Å². The monoisotopic (exact) mass is 249 g/mol. The van der Waals surface area contributed by atoms with E-state index in [9.17, 15) is 22.4 Å². The molecule has 0 saturated carbocycles. The number of hydrogen-bond acceptors (Lipinski definition) is 1. The number of likely N-dealkylation sites (N-methyl/N-ethyl adjacent to an activating group) is 1. The van der Waals surface area contributed by atoms with E-state index in [2.05, 4.69) is 5.32 Å². The first-order valence-corrected chi connectivity index (χ1v) is 4.89. The molecule has 1 N–H and O–H groups in total. The molecule has 0 radical (unpaired) electrons. The summed E-state index contributed by atoms with van der Waals surface area (Å²) in [7, 11) is 1.37. The molecule has 0 bridgehead atoms. The molecule has 0 heterocycles. The van der Waals surface area contributed by atoms with Crippen LogP contribution in [0.3, 0.4) is 0 Å². The highest BCUT2D eigenvalue weighted by atomic mass is 19.4. The highest BCUT2D eigenvalue weighted by Crippen LogP contribution is 2.34. The Bertz CT molecular complexity index is 404. The maximum Gasteiger partial charge on any atom is 0.415 e. The lowest BCUT2D eigenvalue weighted by Gasteiger charge is -2.13. The molecule has 0 aliphatic heterocycles. The third kappa shape index (κ3) is 3.44. The quantitative estimate of drug-likeness (QED) is 0.711. The molecular formula is C11H11F4NO. The summed E-state index contributed by atoms with van der Waals surface area (Å²) in [6.07, 6.45) is -2.23. The number of alkyl halides is 3. The highest BCUT2D eigenvalue weighted by molar-refractivity contribution is 5.96. The molecule has 6 heteroatoms. The first-order chi connectivity index (χ1) is 7.86. The van der Waals surface area contributed by atoms with Gasteiger partial charge in [0.15, 0.2) is 0 Å². The summed E-state index contributed by atoms with van der Waals surface area (Å²) in [5, 5.41) is 2.30. The van der Waals surface area contributed by atoms with Gasteiger partial charge < -0.3 is 5.32 Å². The largest absolute Gasteiger partial charge is 0.415 e. The normalized spacial score (nSPS) is 24.6.